The molecule has 0 radical (unpaired) electrons. The lowest BCUT2D eigenvalue weighted by atomic mass is 9.65. The molecule has 0 amide bonds. The summed E-state index contributed by atoms with van der Waals surface area (Å²) in [4.78, 5) is 11.4. The van der Waals surface area contributed by atoms with E-state index in [2.05, 4.69) is 24.3 Å². The zero-order valence-corrected chi connectivity index (χ0v) is 11.8. The Labute approximate surface area is 115 Å². The van der Waals surface area contributed by atoms with Crippen molar-refractivity contribution in [3.8, 4) is 0 Å². The molecule has 2 atom stereocenters. The van der Waals surface area contributed by atoms with E-state index in [0.717, 1.165) is 12.0 Å². The minimum atomic E-state index is -0.923. The van der Waals surface area contributed by atoms with Crippen LogP contribution in [0.4, 0.5) is 0 Å². The number of carbonyl (C=O) groups is 1. The molecule has 0 heterocycles. The second-order valence-electron chi connectivity index (χ2n) is 6.26. The molecular weight excluding hydrogens is 236 g/mol. The molecule has 1 aliphatic carbocycles. The Morgan fingerprint density at radius 1 is 1.26 bits per heavy atom. The maximum Gasteiger partial charge on any atom is 0.0479 e. The van der Waals surface area contributed by atoms with E-state index in [1.807, 2.05) is 39.0 Å². The van der Waals surface area contributed by atoms with Gasteiger partial charge in [-0.25, -0.2) is 0 Å². The van der Waals surface area contributed by atoms with Crippen molar-refractivity contribution in [3.05, 3.63) is 42.0 Å². The van der Waals surface area contributed by atoms with Gasteiger partial charge in [0.25, 0.3) is 0 Å². The standard InChI is InChI=1S/C17H22O2/c1-16(2)14(11-12-17(16,3)15(18)19)10-9-13-7-5-4-6-8-13/h4-10,14H,11-12H2,1-3H3,(H,18,19)/p-1/b10-9-/t14-,17-/m0/s1. The van der Waals surface area contributed by atoms with E-state index >= 15 is 0 Å². The van der Waals surface area contributed by atoms with E-state index in [4.69, 9.17) is 0 Å². The van der Waals surface area contributed by atoms with E-state index in [1.165, 1.54) is 0 Å². The fraction of sp³-hybridized carbons (Fsp3) is 0.471. The van der Waals surface area contributed by atoms with Crippen LogP contribution >= 0.6 is 0 Å². The summed E-state index contributed by atoms with van der Waals surface area (Å²) in [6, 6.07) is 10.1. The van der Waals surface area contributed by atoms with Crippen molar-refractivity contribution in [3.63, 3.8) is 0 Å². The Bertz CT molecular complexity index is 487. The highest BCUT2D eigenvalue weighted by molar-refractivity contribution is 5.74. The van der Waals surface area contributed by atoms with Gasteiger partial charge in [0.15, 0.2) is 0 Å². The van der Waals surface area contributed by atoms with Gasteiger partial charge >= 0.3 is 0 Å². The summed E-state index contributed by atoms with van der Waals surface area (Å²) in [5.74, 6) is -0.649. The van der Waals surface area contributed by atoms with Crippen LogP contribution in [0.25, 0.3) is 6.08 Å². The van der Waals surface area contributed by atoms with Gasteiger partial charge in [0.2, 0.25) is 0 Å². The summed E-state index contributed by atoms with van der Waals surface area (Å²) in [5, 5.41) is 11.4. The number of aliphatic carboxylic acids is 1. The van der Waals surface area contributed by atoms with Gasteiger partial charge in [0.1, 0.15) is 0 Å². The van der Waals surface area contributed by atoms with Crippen LogP contribution in [0, 0.1) is 16.7 Å². The van der Waals surface area contributed by atoms with E-state index in [9.17, 15) is 9.90 Å². The monoisotopic (exact) mass is 257 g/mol. The average Bonchev–Trinajstić information content (AvgIpc) is 2.61. The number of benzene rings is 1. The minimum Gasteiger partial charge on any atom is -0.550 e. The van der Waals surface area contributed by atoms with Crippen LogP contribution < -0.4 is 5.11 Å². The molecule has 0 aromatic heterocycles. The van der Waals surface area contributed by atoms with Crippen molar-refractivity contribution in [2.45, 2.75) is 33.6 Å². The molecular formula is C17H21O2-. The first-order chi connectivity index (χ1) is 8.88. The number of hydrogen-bond donors (Lipinski definition) is 0. The van der Waals surface area contributed by atoms with Gasteiger partial charge < -0.3 is 9.90 Å². The molecule has 0 bridgehead atoms. The van der Waals surface area contributed by atoms with Crippen LogP contribution in [0.2, 0.25) is 0 Å². The van der Waals surface area contributed by atoms with Crippen LogP contribution in [-0.4, -0.2) is 5.97 Å². The summed E-state index contributed by atoms with van der Waals surface area (Å²) in [6.45, 7) is 5.89. The molecule has 102 valence electrons. The second-order valence-corrected chi connectivity index (χ2v) is 6.26. The quantitative estimate of drug-likeness (QED) is 0.835. The molecule has 2 rings (SSSR count). The number of carboxylic acid groups (broad SMARTS) is 1. The zero-order chi connectivity index (χ0) is 14.1. The van der Waals surface area contributed by atoms with Crippen molar-refractivity contribution >= 4 is 12.0 Å². The number of hydrogen-bond acceptors (Lipinski definition) is 2. The van der Waals surface area contributed by atoms with Crippen molar-refractivity contribution in [1.82, 2.24) is 0 Å². The molecule has 1 aromatic carbocycles. The molecule has 0 N–H and O–H groups in total. The van der Waals surface area contributed by atoms with Crippen LogP contribution in [0.3, 0.4) is 0 Å². The normalized spacial score (nSPS) is 29.7. The van der Waals surface area contributed by atoms with Crippen molar-refractivity contribution in [1.29, 1.82) is 0 Å². The van der Waals surface area contributed by atoms with Crippen molar-refractivity contribution in [2.24, 2.45) is 16.7 Å². The zero-order valence-electron chi connectivity index (χ0n) is 11.8. The summed E-state index contributed by atoms with van der Waals surface area (Å²) < 4.78 is 0. The third-order valence-corrected chi connectivity index (χ3v) is 5.08. The Morgan fingerprint density at radius 2 is 1.89 bits per heavy atom. The smallest absolute Gasteiger partial charge is 0.0479 e. The predicted molar refractivity (Wildman–Crippen MR) is 75.1 cm³/mol. The Hall–Kier alpha value is -1.57. The third-order valence-electron chi connectivity index (χ3n) is 5.08. The molecule has 1 saturated carbocycles. The van der Waals surface area contributed by atoms with Gasteiger partial charge in [-0.05, 0) is 29.7 Å². The highest BCUT2D eigenvalue weighted by Crippen LogP contribution is 2.56. The van der Waals surface area contributed by atoms with E-state index in [-0.39, 0.29) is 11.3 Å². The van der Waals surface area contributed by atoms with Crippen LogP contribution in [0.15, 0.2) is 36.4 Å². The summed E-state index contributed by atoms with van der Waals surface area (Å²) in [6.07, 6.45) is 5.84. The van der Waals surface area contributed by atoms with Crippen LogP contribution in [0.5, 0.6) is 0 Å². The molecule has 2 heteroatoms. The Balaban J connectivity index is 2.20. The number of rotatable bonds is 3. The lowest BCUT2D eigenvalue weighted by Gasteiger charge is -2.41. The second kappa shape index (κ2) is 4.84. The molecule has 0 aliphatic heterocycles. The number of carboxylic acids is 1. The highest BCUT2D eigenvalue weighted by Gasteiger charge is 2.51. The highest BCUT2D eigenvalue weighted by atomic mass is 16.4. The SMILES string of the molecule is CC1(C)[C@@H](/C=C\c2ccccc2)CC[C@@]1(C)C(=O)[O-]. The van der Waals surface area contributed by atoms with E-state index in [1.54, 1.807) is 0 Å². The minimum absolute atomic E-state index is 0.274. The third kappa shape index (κ3) is 2.32. The lowest BCUT2D eigenvalue weighted by Crippen LogP contribution is -2.47. The molecule has 0 spiro atoms. The molecule has 1 fully saturated rings. The summed E-state index contributed by atoms with van der Waals surface area (Å²) in [5.41, 5.74) is 0.135. The van der Waals surface area contributed by atoms with Gasteiger partial charge in [-0.2, -0.15) is 0 Å². The van der Waals surface area contributed by atoms with E-state index < -0.39 is 11.4 Å². The van der Waals surface area contributed by atoms with Gasteiger partial charge in [0.05, 0.1) is 0 Å². The molecule has 1 aliphatic rings. The fourth-order valence-corrected chi connectivity index (χ4v) is 3.03. The van der Waals surface area contributed by atoms with Gasteiger partial charge in [-0.3, -0.25) is 0 Å². The Kier molecular flexibility index (Phi) is 3.53. The van der Waals surface area contributed by atoms with Crippen LogP contribution in [-0.2, 0) is 4.79 Å². The summed E-state index contributed by atoms with van der Waals surface area (Å²) in [7, 11) is 0. The number of allylic oxidation sites excluding steroid dienone is 1. The van der Waals surface area contributed by atoms with Crippen LogP contribution in [0.1, 0.15) is 39.2 Å². The number of carbonyl (C=O) groups excluding carboxylic acids is 1. The molecule has 0 unspecified atom stereocenters. The van der Waals surface area contributed by atoms with Gasteiger partial charge in [-0.15, -0.1) is 0 Å². The predicted octanol–water partition coefficient (Wildman–Crippen LogP) is 2.89. The van der Waals surface area contributed by atoms with Gasteiger partial charge in [0, 0.05) is 11.4 Å². The molecule has 0 saturated heterocycles. The average molecular weight is 257 g/mol. The first-order valence-electron chi connectivity index (χ1n) is 6.82. The fourth-order valence-electron chi connectivity index (χ4n) is 3.03. The largest absolute Gasteiger partial charge is 0.550 e. The molecule has 2 nitrogen and oxygen atoms in total. The van der Waals surface area contributed by atoms with Crippen molar-refractivity contribution in [2.75, 3.05) is 0 Å². The maximum absolute atomic E-state index is 11.4. The summed E-state index contributed by atoms with van der Waals surface area (Å²) >= 11 is 0. The van der Waals surface area contributed by atoms with Crippen molar-refractivity contribution < 1.29 is 9.90 Å². The van der Waals surface area contributed by atoms with Gasteiger partial charge in [-0.1, -0.05) is 63.3 Å². The Morgan fingerprint density at radius 3 is 2.42 bits per heavy atom. The molecule has 19 heavy (non-hydrogen) atoms. The maximum atomic E-state index is 11.4. The first-order valence-corrected chi connectivity index (χ1v) is 6.82. The topological polar surface area (TPSA) is 40.1 Å². The van der Waals surface area contributed by atoms with E-state index in [0.29, 0.717) is 6.42 Å². The lowest BCUT2D eigenvalue weighted by molar-refractivity contribution is -0.323. The molecule has 1 aromatic rings. The first kappa shape index (κ1) is 13.9.